The number of aromatic nitrogens is 2. The van der Waals surface area contributed by atoms with Crippen molar-refractivity contribution in [3.63, 3.8) is 0 Å². The van der Waals surface area contributed by atoms with Crippen LogP contribution in [-0.2, 0) is 17.7 Å². The van der Waals surface area contributed by atoms with Crippen LogP contribution < -0.4 is 4.90 Å². The predicted octanol–water partition coefficient (Wildman–Crippen LogP) is 1.72. The molecule has 2 aromatic heterocycles. The number of ether oxygens (including phenoxy) is 1. The fourth-order valence-corrected chi connectivity index (χ4v) is 3.57. The molecule has 0 aliphatic carbocycles. The molecule has 0 spiro atoms. The second kappa shape index (κ2) is 6.48. The van der Waals surface area contributed by atoms with Gasteiger partial charge in [-0.3, -0.25) is 4.79 Å². The second-order valence-corrected chi connectivity index (χ2v) is 6.53. The number of aryl methyl sites for hydroxylation is 2. The molecule has 0 unspecified atom stereocenters. The predicted molar refractivity (Wildman–Crippen MR) is 91.7 cm³/mol. The van der Waals surface area contributed by atoms with E-state index in [2.05, 4.69) is 14.9 Å². The van der Waals surface area contributed by atoms with Crippen LogP contribution in [-0.4, -0.2) is 53.6 Å². The summed E-state index contributed by atoms with van der Waals surface area (Å²) < 4.78 is 10.9. The molecule has 7 heteroatoms. The number of anilines is 1. The van der Waals surface area contributed by atoms with Gasteiger partial charge in [0, 0.05) is 25.2 Å². The molecule has 4 rings (SSSR count). The lowest BCUT2D eigenvalue weighted by molar-refractivity contribution is 0.0730. The van der Waals surface area contributed by atoms with Crippen molar-refractivity contribution in [1.82, 2.24) is 14.9 Å². The van der Waals surface area contributed by atoms with Gasteiger partial charge in [0.15, 0.2) is 0 Å². The van der Waals surface area contributed by atoms with Crippen LogP contribution in [0.25, 0.3) is 0 Å². The number of hydrogen-bond acceptors (Lipinski definition) is 6. The summed E-state index contributed by atoms with van der Waals surface area (Å²) in [4.78, 5) is 25.9. The summed E-state index contributed by atoms with van der Waals surface area (Å²) in [5, 5.41) is 0. The average Bonchev–Trinajstić information content (AvgIpc) is 2.99. The number of hydrogen-bond donors (Lipinski definition) is 0. The van der Waals surface area contributed by atoms with Gasteiger partial charge in [-0.25, -0.2) is 9.97 Å². The highest BCUT2D eigenvalue weighted by molar-refractivity contribution is 5.95. The molecule has 1 saturated heterocycles. The van der Waals surface area contributed by atoms with Gasteiger partial charge in [0.05, 0.1) is 31.0 Å². The minimum Gasteiger partial charge on any atom is -0.466 e. The molecule has 0 atom stereocenters. The van der Waals surface area contributed by atoms with Crippen LogP contribution in [0.3, 0.4) is 0 Å². The Morgan fingerprint density at radius 1 is 1.16 bits per heavy atom. The van der Waals surface area contributed by atoms with Crippen LogP contribution in [0.15, 0.2) is 16.8 Å². The van der Waals surface area contributed by atoms with Crippen LogP contribution in [0.1, 0.15) is 33.1 Å². The van der Waals surface area contributed by atoms with Crippen LogP contribution in [0, 0.1) is 13.8 Å². The van der Waals surface area contributed by atoms with Gasteiger partial charge in [-0.15, -0.1) is 0 Å². The molecule has 0 aromatic carbocycles. The third-order valence-electron chi connectivity index (χ3n) is 4.85. The molecule has 7 nitrogen and oxygen atoms in total. The monoisotopic (exact) mass is 342 g/mol. The number of fused-ring (bicyclic) bond motifs is 1. The van der Waals surface area contributed by atoms with Crippen LogP contribution in [0.4, 0.5) is 5.82 Å². The normalized spacial score (nSPS) is 17.5. The van der Waals surface area contributed by atoms with Gasteiger partial charge in [0.2, 0.25) is 0 Å². The molecule has 2 aliphatic rings. The Kier molecular flexibility index (Phi) is 4.17. The smallest absolute Gasteiger partial charge is 0.257 e. The largest absolute Gasteiger partial charge is 0.466 e. The number of rotatable bonds is 2. The summed E-state index contributed by atoms with van der Waals surface area (Å²) in [5.41, 5.74) is 2.74. The molecular weight excluding hydrogens is 320 g/mol. The number of furan rings is 1. The Balaban J connectivity index is 1.57. The number of carbonyl (C=O) groups is 1. The van der Waals surface area contributed by atoms with Crippen molar-refractivity contribution in [3.05, 3.63) is 40.7 Å². The zero-order valence-corrected chi connectivity index (χ0v) is 14.6. The van der Waals surface area contributed by atoms with Gasteiger partial charge >= 0.3 is 0 Å². The first-order valence-corrected chi connectivity index (χ1v) is 8.65. The van der Waals surface area contributed by atoms with E-state index in [-0.39, 0.29) is 5.91 Å². The van der Waals surface area contributed by atoms with Gasteiger partial charge in [-0.1, -0.05) is 0 Å². The van der Waals surface area contributed by atoms with Crippen molar-refractivity contribution in [1.29, 1.82) is 0 Å². The molecule has 2 aliphatic heterocycles. The first-order chi connectivity index (χ1) is 12.1. The Morgan fingerprint density at radius 3 is 2.68 bits per heavy atom. The molecule has 1 amide bonds. The molecule has 1 fully saturated rings. The summed E-state index contributed by atoms with van der Waals surface area (Å²) in [7, 11) is 0. The van der Waals surface area contributed by atoms with Gasteiger partial charge in [0.1, 0.15) is 23.7 Å². The van der Waals surface area contributed by atoms with Crippen LogP contribution >= 0.6 is 0 Å². The highest BCUT2D eigenvalue weighted by Gasteiger charge is 2.28. The minimum atomic E-state index is 0.00605. The molecule has 0 N–H and O–H groups in total. The van der Waals surface area contributed by atoms with E-state index in [1.54, 1.807) is 6.33 Å². The Bertz CT molecular complexity index is 796. The van der Waals surface area contributed by atoms with E-state index in [1.807, 2.05) is 24.8 Å². The molecule has 25 heavy (non-hydrogen) atoms. The second-order valence-electron chi connectivity index (χ2n) is 6.53. The topological polar surface area (TPSA) is 71.7 Å². The Hall–Kier alpha value is -2.41. The van der Waals surface area contributed by atoms with Crippen LogP contribution in [0.5, 0.6) is 0 Å². The van der Waals surface area contributed by atoms with E-state index < -0.39 is 0 Å². The Labute approximate surface area is 146 Å². The zero-order chi connectivity index (χ0) is 17.4. The third kappa shape index (κ3) is 3.00. The molecule has 0 saturated carbocycles. The van der Waals surface area contributed by atoms with Gasteiger partial charge in [0.25, 0.3) is 5.91 Å². The number of morpholine rings is 1. The lowest BCUT2D eigenvalue weighted by atomic mass is 10.0. The maximum absolute atomic E-state index is 12.8. The summed E-state index contributed by atoms with van der Waals surface area (Å²) >= 11 is 0. The maximum atomic E-state index is 12.8. The summed E-state index contributed by atoms with van der Waals surface area (Å²) in [6, 6.07) is 1.81. The van der Waals surface area contributed by atoms with Gasteiger partial charge in [-0.05, 0) is 26.3 Å². The number of nitrogens with zero attached hydrogens (tertiary/aromatic N) is 4. The van der Waals surface area contributed by atoms with E-state index in [4.69, 9.17) is 9.15 Å². The summed E-state index contributed by atoms with van der Waals surface area (Å²) in [5.74, 6) is 2.43. The molecule has 2 aromatic rings. The average molecular weight is 342 g/mol. The number of amides is 1. The van der Waals surface area contributed by atoms with Crippen LogP contribution in [0.2, 0.25) is 0 Å². The first kappa shape index (κ1) is 16.1. The molecule has 0 bridgehead atoms. The van der Waals surface area contributed by atoms with Crippen molar-refractivity contribution in [2.75, 3.05) is 37.7 Å². The van der Waals surface area contributed by atoms with Gasteiger partial charge in [-0.2, -0.15) is 0 Å². The molecular formula is C18H22N4O3. The number of carbonyl (C=O) groups excluding carboxylic acids is 1. The van der Waals surface area contributed by atoms with Crippen molar-refractivity contribution >= 4 is 11.7 Å². The minimum absolute atomic E-state index is 0.00605. The highest BCUT2D eigenvalue weighted by atomic mass is 16.5. The molecule has 132 valence electrons. The quantitative estimate of drug-likeness (QED) is 0.828. The van der Waals surface area contributed by atoms with Crippen molar-refractivity contribution in [3.8, 4) is 0 Å². The fourth-order valence-electron chi connectivity index (χ4n) is 3.57. The summed E-state index contributed by atoms with van der Waals surface area (Å²) in [6.45, 7) is 8.01. The van der Waals surface area contributed by atoms with E-state index in [0.717, 1.165) is 55.6 Å². The van der Waals surface area contributed by atoms with Crippen molar-refractivity contribution in [2.45, 2.75) is 26.8 Å². The highest BCUT2D eigenvalue weighted by Crippen LogP contribution is 2.27. The SMILES string of the molecule is Cc1cc(C(=O)N2CCc3c(ncnc3N3CCOCC3)C2)c(C)o1. The lowest BCUT2D eigenvalue weighted by Crippen LogP contribution is -2.40. The van der Waals surface area contributed by atoms with Crippen molar-refractivity contribution < 1.29 is 13.9 Å². The first-order valence-electron chi connectivity index (χ1n) is 8.65. The van der Waals surface area contributed by atoms with Crippen molar-refractivity contribution in [2.24, 2.45) is 0 Å². The summed E-state index contributed by atoms with van der Waals surface area (Å²) in [6.07, 6.45) is 2.37. The van der Waals surface area contributed by atoms with E-state index >= 15 is 0 Å². The standard InChI is InChI=1S/C18H22N4O3/c1-12-9-15(13(2)25-12)18(23)22-4-3-14-16(10-22)19-11-20-17(14)21-5-7-24-8-6-21/h9,11H,3-8,10H2,1-2H3. The van der Waals surface area contributed by atoms with E-state index in [1.165, 1.54) is 0 Å². The van der Waals surface area contributed by atoms with E-state index in [0.29, 0.717) is 24.4 Å². The van der Waals surface area contributed by atoms with E-state index in [9.17, 15) is 4.79 Å². The zero-order valence-electron chi connectivity index (χ0n) is 14.6. The Morgan fingerprint density at radius 2 is 1.96 bits per heavy atom. The van der Waals surface area contributed by atoms with Gasteiger partial charge < -0.3 is 19.0 Å². The lowest BCUT2D eigenvalue weighted by Gasteiger charge is -2.33. The third-order valence-corrected chi connectivity index (χ3v) is 4.85. The molecule has 0 radical (unpaired) electrons. The maximum Gasteiger partial charge on any atom is 0.257 e. The molecule has 4 heterocycles. The fraction of sp³-hybridized carbons (Fsp3) is 0.500.